The molecule has 0 atom stereocenters. The van der Waals surface area contributed by atoms with Gasteiger partial charge in [0, 0.05) is 8.22 Å². The van der Waals surface area contributed by atoms with Gasteiger partial charge in [-0.1, -0.05) is 58.7 Å². The highest BCUT2D eigenvalue weighted by molar-refractivity contribution is 5.94. The summed E-state index contributed by atoms with van der Waals surface area (Å²) in [6.45, 7) is -4.71. The Hall–Kier alpha value is -5.44. The van der Waals surface area contributed by atoms with Crippen LogP contribution in [0.1, 0.15) is 19.4 Å². The lowest BCUT2D eigenvalue weighted by Gasteiger charge is -2.00. The minimum atomic E-state index is -2.36. The number of hydrogen-bond donors (Lipinski definition) is 0. The summed E-state index contributed by atoms with van der Waals surface area (Å²) >= 11 is 0. The van der Waals surface area contributed by atoms with Crippen LogP contribution < -0.4 is 0 Å². The van der Waals surface area contributed by atoms with Gasteiger partial charge < -0.3 is 4.42 Å². The maximum atomic E-state index is 8.06. The second kappa shape index (κ2) is 7.11. The third kappa shape index (κ3) is 2.53. The summed E-state index contributed by atoms with van der Waals surface area (Å²) in [7, 11) is 0. The van der Waals surface area contributed by atoms with Crippen LogP contribution in [0.4, 0.5) is 0 Å². The lowest BCUT2D eigenvalue weighted by atomic mass is 10.2. The minimum Gasteiger partial charge on any atom is -0.388 e. The van der Waals surface area contributed by atoms with Crippen molar-refractivity contribution in [3.05, 3.63) is 96.1 Å². The number of benzene rings is 4. The predicted octanol–water partition coefficient (Wildman–Crippen LogP) is 6.18. The zero-order chi connectivity index (χ0) is 30.8. The van der Waals surface area contributed by atoms with E-state index in [1.807, 2.05) is 69.5 Å². The molecule has 0 saturated heterocycles. The van der Waals surface area contributed by atoms with Gasteiger partial charge in [-0.15, -0.1) is 0 Å². The van der Waals surface area contributed by atoms with Crippen LogP contribution in [0.15, 0.2) is 89.3 Å². The second-order valence-corrected chi connectivity index (χ2v) is 9.36. The second-order valence-electron chi connectivity index (χ2n) is 9.36. The molecule has 9 heteroatoms. The van der Waals surface area contributed by atoms with Gasteiger partial charge in [-0.05, 0) is 61.2 Å². The summed E-state index contributed by atoms with van der Waals surface area (Å²) in [4.78, 5) is 9.58. The normalized spacial score (nSPS) is 15.3. The van der Waals surface area contributed by atoms with Gasteiger partial charge in [-0.3, -0.25) is 8.80 Å². The molecule has 0 N–H and O–H groups in total. The van der Waals surface area contributed by atoms with E-state index in [0.29, 0.717) is 33.6 Å². The number of rotatable bonds is 2. The highest BCUT2D eigenvalue weighted by Gasteiger charge is 2.24. The smallest absolute Gasteiger partial charge is 0.331 e. The van der Waals surface area contributed by atoms with Crippen molar-refractivity contribution in [3.8, 4) is 12.0 Å². The molecule has 0 amide bonds. The number of fused-ring (bicyclic) bond motifs is 10. The van der Waals surface area contributed by atoms with E-state index < -0.39 is 13.7 Å². The van der Waals surface area contributed by atoms with Gasteiger partial charge in [0.25, 0.3) is 0 Å². The summed E-state index contributed by atoms with van der Waals surface area (Å²) < 4.78 is 61.9. The molecule has 0 unspecified atom stereocenters. The van der Waals surface area contributed by atoms with Crippen molar-refractivity contribution >= 4 is 55.7 Å². The summed E-state index contributed by atoms with van der Waals surface area (Å²) in [5.41, 5.74) is 5.31. The first kappa shape index (κ1) is 15.7. The number of nitrogens with zero attached hydrogens (tertiary/aromatic N) is 8. The number of aryl methyl sites for hydroxylation is 2. The molecular weight excluding hydrogens is 488 g/mol. The third-order valence-corrected chi connectivity index (χ3v) is 7.25. The molecule has 0 aliphatic heterocycles. The fourth-order valence-corrected chi connectivity index (χ4v) is 5.62. The van der Waals surface area contributed by atoms with Crippen molar-refractivity contribution in [2.75, 3.05) is 0 Å². The van der Waals surface area contributed by atoms with Gasteiger partial charge in [0.15, 0.2) is 0 Å². The van der Waals surface area contributed by atoms with E-state index in [0.717, 1.165) is 22.1 Å². The minimum absolute atomic E-state index is 0.108. The first-order valence-electron chi connectivity index (χ1n) is 15.3. The molecule has 0 radical (unpaired) electrons. The van der Waals surface area contributed by atoms with E-state index in [4.69, 9.17) is 22.6 Å². The molecule has 39 heavy (non-hydrogen) atoms. The highest BCUT2D eigenvalue weighted by atomic mass is 16.4. The SMILES string of the molecule is [2H]C([2H])([2H])c1cccc2c1nc1n(-c3nnc(-n4c5ccccc5n5c6cccc(C([2H])([2H])[2H])c6nc45)o3)c3ccccc3n21. The molecule has 5 heterocycles. The lowest BCUT2D eigenvalue weighted by molar-refractivity contribution is 0.512. The Bertz CT molecular complexity index is 2470. The molecule has 0 bridgehead atoms. The van der Waals surface area contributed by atoms with Crippen molar-refractivity contribution in [2.45, 2.75) is 13.7 Å². The maximum absolute atomic E-state index is 8.06. The topological polar surface area (TPSA) is 83.4 Å². The van der Waals surface area contributed by atoms with Gasteiger partial charge in [0.2, 0.25) is 11.6 Å². The Morgan fingerprint density at radius 2 is 0.974 bits per heavy atom. The Morgan fingerprint density at radius 3 is 1.44 bits per heavy atom. The van der Waals surface area contributed by atoms with Crippen molar-refractivity contribution in [1.29, 1.82) is 0 Å². The number of imidazole rings is 4. The molecule has 0 fully saturated rings. The zero-order valence-electron chi connectivity index (χ0n) is 26.1. The largest absolute Gasteiger partial charge is 0.388 e. The van der Waals surface area contributed by atoms with Crippen LogP contribution in [0.5, 0.6) is 0 Å². The molecule has 4 aromatic carbocycles. The van der Waals surface area contributed by atoms with E-state index in [9.17, 15) is 0 Å². The number of aromatic nitrogens is 8. The highest BCUT2D eigenvalue weighted by Crippen LogP contribution is 2.32. The third-order valence-electron chi connectivity index (χ3n) is 7.25. The first-order chi connectivity index (χ1) is 21.6. The van der Waals surface area contributed by atoms with Gasteiger partial charge in [-0.2, -0.15) is 0 Å². The quantitative estimate of drug-likeness (QED) is 0.275. The summed E-state index contributed by atoms with van der Waals surface area (Å²) in [5.74, 6) is 0.823. The van der Waals surface area contributed by atoms with Crippen molar-refractivity contribution in [1.82, 2.24) is 38.1 Å². The van der Waals surface area contributed by atoms with E-state index in [1.54, 1.807) is 33.4 Å². The van der Waals surface area contributed by atoms with Gasteiger partial charge in [0.05, 0.1) is 44.1 Å². The molecule has 9 aromatic rings. The van der Waals surface area contributed by atoms with Crippen LogP contribution in [-0.4, -0.2) is 38.1 Å². The fraction of sp³-hybridized carbons (Fsp3) is 0.0667. The molecule has 9 nitrogen and oxygen atoms in total. The van der Waals surface area contributed by atoms with E-state index in [-0.39, 0.29) is 23.2 Å². The first-order valence-corrected chi connectivity index (χ1v) is 12.3. The van der Waals surface area contributed by atoms with Crippen molar-refractivity contribution < 1.29 is 12.6 Å². The fourth-order valence-electron chi connectivity index (χ4n) is 5.62. The Labute approximate surface area is 228 Å². The number of para-hydroxylation sites is 6. The average Bonchev–Trinajstić information content (AvgIpc) is 3.80. The molecule has 9 rings (SSSR count). The van der Waals surface area contributed by atoms with Gasteiger partial charge in [0.1, 0.15) is 0 Å². The van der Waals surface area contributed by atoms with Crippen molar-refractivity contribution in [2.24, 2.45) is 0 Å². The Morgan fingerprint density at radius 1 is 0.538 bits per heavy atom. The van der Waals surface area contributed by atoms with E-state index >= 15 is 0 Å². The van der Waals surface area contributed by atoms with Crippen LogP contribution >= 0.6 is 0 Å². The van der Waals surface area contributed by atoms with Crippen LogP contribution in [0.3, 0.4) is 0 Å². The molecule has 0 saturated carbocycles. The van der Waals surface area contributed by atoms with E-state index in [1.165, 1.54) is 0 Å². The van der Waals surface area contributed by atoms with Crippen LogP contribution in [0.2, 0.25) is 0 Å². The maximum Gasteiger partial charge on any atom is 0.331 e. The van der Waals surface area contributed by atoms with Gasteiger partial charge >= 0.3 is 12.0 Å². The van der Waals surface area contributed by atoms with Crippen LogP contribution in [0, 0.1) is 13.7 Å². The molecule has 0 aliphatic carbocycles. The Balaban J connectivity index is 1.33. The molecule has 0 spiro atoms. The lowest BCUT2D eigenvalue weighted by Crippen LogP contribution is -1.96. The number of hydrogen-bond acceptors (Lipinski definition) is 5. The molecular formula is C30H20N8O. The predicted molar refractivity (Wildman–Crippen MR) is 150 cm³/mol. The monoisotopic (exact) mass is 514 g/mol. The standard InChI is InChI=1S/C30H20N8O/c1-17-9-7-15-23-25(17)31-27-35(23)19-11-3-5-13-21(19)37(27)29-33-34-30(39-29)38-22-14-6-4-12-20(22)36-24-16-8-10-18(2)26(24)32-28(36)38/h3-16H,1-2H3/i1D3,2D3. The van der Waals surface area contributed by atoms with Crippen LogP contribution in [0.25, 0.3) is 67.7 Å². The summed E-state index contributed by atoms with van der Waals surface area (Å²) in [5, 5.41) is 8.83. The molecule has 5 aromatic heterocycles. The molecule has 0 aliphatic rings. The average molecular weight is 515 g/mol. The van der Waals surface area contributed by atoms with Gasteiger partial charge in [-0.25, -0.2) is 19.1 Å². The van der Waals surface area contributed by atoms with Crippen LogP contribution in [-0.2, 0) is 0 Å². The summed E-state index contributed by atoms with van der Waals surface area (Å²) in [6, 6.07) is 25.6. The Kier molecular flexibility index (Phi) is 2.87. The summed E-state index contributed by atoms with van der Waals surface area (Å²) in [6.07, 6.45) is 0. The van der Waals surface area contributed by atoms with E-state index in [2.05, 4.69) is 10.2 Å². The zero-order valence-corrected chi connectivity index (χ0v) is 20.1. The molecule has 186 valence electrons. The van der Waals surface area contributed by atoms with Crippen molar-refractivity contribution in [3.63, 3.8) is 0 Å².